The van der Waals surface area contributed by atoms with Crippen LogP contribution < -0.4 is 10.1 Å². The van der Waals surface area contributed by atoms with Gasteiger partial charge in [0, 0.05) is 23.0 Å². The number of hydrogen-bond acceptors (Lipinski definition) is 6. The lowest BCUT2D eigenvalue weighted by Gasteiger charge is -2.22. The minimum atomic E-state index is -0.536. The van der Waals surface area contributed by atoms with Crippen molar-refractivity contribution in [3.8, 4) is 17.0 Å². The number of rotatable bonds is 6. The number of hydrogen-bond donors (Lipinski definition) is 2. The van der Waals surface area contributed by atoms with E-state index in [9.17, 15) is 5.11 Å². The molecule has 21 heavy (non-hydrogen) atoms. The Morgan fingerprint density at radius 1 is 1.29 bits per heavy atom. The summed E-state index contributed by atoms with van der Waals surface area (Å²) in [4.78, 5) is 0. The van der Waals surface area contributed by atoms with Crippen LogP contribution in [-0.4, -0.2) is 39.5 Å². The summed E-state index contributed by atoms with van der Waals surface area (Å²) in [7, 11) is 0. The molecule has 0 aliphatic carbocycles. The molecule has 1 aromatic heterocycles. The molecular weight excluding hydrogens is 286 g/mol. The summed E-state index contributed by atoms with van der Waals surface area (Å²) in [6, 6.07) is 7.62. The molecule has 0 fully saturated rings. The Morgan fingerprint density at radius 2 is 2.00 bits per heavy atom. The Morgan fingerprint density at radius 3 is 2.57 bits per heavy atom. The van der Waals surface area contributed by atoms with Crippen molar-refractivity contribution >= 4 is 11.5 Å². The van der Waals surface area contributed by atoms with E-state index in [0.29, 0.717) is 6.54 Å². The van der Waals surface area contributed by atoms with E-state index in [2.05, 4.69) is 35.7 Å². The molecule has 1 atom stereocenters. The van der Waals surface area contributed by atoms with E-state index in [1.807, 2.05) is 29.6 Å². The molecule has 0 aliphatic heterocycles. The Balaban J connectivity index is 1.81. The van der Waals surface area contributed by atoms with Gasteiger partial charge in [-0.05, 0) is 56.6 Å². The van der Waals surface area contributed by atoms with E-state index in [-0.39, 0.29) is 12.1 Å². The average molecular weight is 307 g/mol. The van der Waals surface area contributed by atoms with Gasteiger partial charge in [0.25, 0.3) is 0 Å². The predicted octanol–water partition coefficient (Wildman–Crippen LogP) is 2.33. The van der Waals surface area contributed by atoms with Crippen molar-refractivity contribution in [2.75, 3.05) is 13.2 Å². The van der Waals surface area contributed by atoms with Crippen LogP contribution in [0.2, 0.25) is 0 Å². The Kier molecular flexibility index (Phi) is 5.27. The summed E-state index contributed by atoms with van der Waals surface area (Å²) in [5, 5.41) is 19.0. The van der Waals surface area contributed by atoms with Gasteiger partial charge in [0.15, 0.2) is 0 Å². The van der Waals surface area contributed by atoms with Gasteiger partial charge in [-0.25, -0.2) is 0 Å². The molecule has 0 radical (unpaired) electrons. The Hall–Kier alpha value is -1.50. The summed E-state index contributed by atoms with van der Waals surface area (Å²) < 4.78 is 9.42. The van der Waals surface area contributed by atoms with Crippen molar-refractivity contribution in [3.05, 3.63) is 29.6 Å². The smallest absolute Gasteiger partial charge is 0.119 e. The number of ether oxygens (including phenoxy) is 1. The van der Waals surface area contributed by atoms with Crippen LogP contribution in [0.25, 0.3) is 11.3 Å². The maximum Gasteiger partial charge on any atom is 0.119 e. The van der Waals surface area contributed by atoms with Crippen molar-refractivity contribution < 1.29 is 9.84 Å². The molecule has 114 valence electrons. The van der Waals surface area contributed by atoms with Crippen molar-refractivity contribution in [1.82, 2.24) is 14.9 Å². The fourth-order valence-corrected chi connectivity index (χ4v) is 2.15. The number of aromatic nitrogens is 2. The van der Waals surface area contributed by atoms with Crippen LogP contribution in [0.15, 0.2) is 29.6 Å². The average Bonchev–Trinajstić information content (AvgIpc) is 2.97. The standard InChI is InChI=1S/C15H21N3O2S/c1-15(2,3)16-8-12(19)9-20-13-6-4-11(5-7-13)14-10-21-18-17-14/h4-7,10,12,16,19H,8-9H2,1-3H3/t12-/m0/s1. The first-order valence-corrected chi connectivity index (χ1v) is 7.71. The highest BCUT2D eigenvalue weighted by Gasteiger charge is 2.12. The number of β-amino-alcohol motifs (C(OH)–C–C–N with tert-alkyl or cyclic N) is 1. The number of nitrogens with one attached hydrogen (secondary N) is 1. The van der Waals surface area contributed by atoms with Crippen LogP contribution in [-0.2, 0) is 0 Å². The predicted molar refractivity (Wildman–Crippen MR) is 84.6 cm³/mol. The summed E-state index contributed by atoms with van der Waals surface area (Å²) in [6.45, 7) is 6.96. The molecule has 0 spiro atoms. The normalized spacial score (nSPS) is 13.1. The van der Waals surface area contributed by atoms with E-state index in [1.54, 1.807) is 0 Å². The summed E-state index contributed by atoms with van der Waals surface area (Å²) in [6.07, 6.45) is -0.536. The maximum atomic E-state index is 9.87. The van der Waals surface area contributed by atoms with Gasteiger partial charge in [0.05, 0.1) is 0 Å². The van der Waals surface area contributed by atoms with Gasteiger partial charge in [0.2, 0.25) is 0 Å². The van der Waals surface area contributed by atoms with Crippen LogP contribution in [0.5, 0.6) is 5.75 Å². The van der Waals surface area contributed by atoms with Crippen molar-refractivity contribution in [2.45, 2.75) is 32.4 Å². The van der Waals surface area contributed by atoms with E-state index >= 15 is 0 Å². The van der Waals surface area contributed by atoms with Gasteiger partial charge in [0.1, 0.15) is 24.2 Å². The molecule has 0 bridgehead atoms. The van der Waals surface area contributed by atoms with Crippen LogP contribution in [0.1, 0.15) is 20.8 Å². The zero-order chi connectivity index (χ0) is 15.3. The lowest BCUT2D eigenvalue weighted by molar-refractivity contribution is 0.100. The van der Waals surface area contributed by atoms with Gasteiger partial charge >= 0.3 is 0 Å². The number of benzene rings is 1. The zero-order valence-corrected chi connectivity index (χ0v) is 13.4. The molecule has 1 heterocycles. The van der Waals surface area contributed by atoms with Gasteiger partial charge in [-0.2, -0.15) is 0 Å². The van der Waals surface area contributed by atoms with Crippen molar-refractivity contribution in [2.24, 2.45) is 0 Å². The van der Waals surface area contributed by atoms with Gasteiger partial charge in [-0.15, -0.1) is 5.10 Å². The van der Waals surface area contributed by atoms with Crippen LogP contribution in [0, 0.1) is 0 Å². The lowest BCUT2D eigenvalue weighted by atomic mass is 10.1. The second-order valence-corrected chi connectivity index (χ2v) is 6.52. The fourth-order valence-electron chi connectivity index (χ4n) is 1.69. The SMILES string of the molecule is CC(C)(C)NC[C@H](O)COc1ccc(-c2csnn2)cc1. The Labute approximate surface area is 129 Å². The molecule has 2 N–H and O–H groups in total. The third-order valence-corrected chi connectivity index (χ3v) is 3.33. The molecule has 6 heteroatoms. The van der Waals surface area contributed by atoms with E-state index in [4.69, 9.17) is 4.74 Å². The monoisotopic (exact) mass is 307 g/mol. The minimum Gasteiger partial charge on any atom is -0.491 e. The van der Waals surface area contributed by atoms with Crippen LogP contribution in [0.3, 0.4) is 0 Å². The third kappa shape index (κ3) is 5.41. The number of aliphatic hydroxyl groups is 1. The molecule has 1 aromatic carbocycles. The lowest BCUT2D eigenvalue weighted by Crippen LogP contribution is -2.42. The maximum absolute atomic E-state index is 9.87. The van der Waals surface area contributed by atoms with Crippen molar-refractivity contribution in [3.63, 3.8) is 0 Å². The van der Waals surface area contributed by atoms with E-state index < -0.39 is 6.10 Å². The minimum absolute atomic E-state index is 0.00972. The highest BCUT2D eigenvalue weighted by molar-refractivity contribution is 7.03. The first kappa shape index (κ1) is 15.9. The highest BCUT2D eigenvalue weighted by atomic mass is 32.1. The fraction of sp³-hybridized carbons (Fsp3) is 0.467. The molecule has 2 aromatic rings. The second kappa shape index (κ2) is 6.98. The molecule has 0 saturated heterocycles. The zero-order valence-electron chi connectivity index (χ0n) is 12.5. The molecular formula is C15H21N3O2S. The topological polar surface area (TPSA) is 67.3 Å². The second-order valence-electron chi connectivity index (χ2n) is 5.91. The molecule has 0 saturated carbocycles. The summed E-state index contributed by atoms with van der Waals surface area (Å²) in [5.74, 6) is 0.733. The van der Waals surface area contributed by atoms with Gasteiger partial charge in [-0.3, -0.25) is 0 Å². The molecule has 0 aliphatic rings. The number of nitrogens with zero attached hydrogens (tertiary/aromatic N) is 2. The van der Waals surface area contributed by atoms with Crippen molar-refractivity contribution in [1.29, 1.82) is 0 Å². The Bertz CT molecular complexity index is 535. The highest BCUT2D eigenvalue weighted by Crippen LogP contribution is 2.21. The van der Waals surface area contributed by atoms with E-state index in [1.165, 1.54) is 11.5 Å². The molecule has 2 rings (SSSR count). The van der Waals surface area contributed by atoms with Crippen LogP contribution in [0.4, 0.5) is 0 Å². The summed E-state index contributed by atoms with van der Waals surface area (Å²) in [5.41, 5.74) is 1.86. The van der Waals surface area contributed by atoms with E-state index in [0.717, 1.165) is 17.0 Å². The largest absolute Gasteiger partial charge is 0.491 e. The third-order valence-electron chi connectivity index (χ3n) is 2.82. The first-order chi connectivity index (χ1) is 9.94. The van der Waals surface area contributed by atoms with Crippen LogP contribution >= 0.6 is 11.5 Å². The van der Waals surface area contributed by atoms with Gasteiger partial charge < -0.3 is 15.2 Å². The molecule has 5 nitrogen and oxygen atoms in total. The number of aliphatic hydroxyl groups excluding tert-OH is 1. The first-order valence-electron chi connectivity index (χ1n) is 6.87. The molecule has 0 unspecified atom stereocenters. The quantitative estimate of drug-likeness (QED) is 0.857. The summed E-state index contributed by atoms with van der Waals surface area (Å²) >= 11 is 1.33. The molecule has 0 amide bonds. The van der Waals surface area contributed by atoms with Gasteiger partial charge in [-0.1, -0.05) is 4.49 Å².